The normalized spacial score (nSPS) is 12.7. The summed E-state index contributed by atoms with van der Waals surface area (Å²) >= 11 is 1.58. The second kappa shape index (κ2) is 11.5. The third-order valence-corrected chi connectivity index (χ3v) is 5.71. The first-order valence-corrected chi connectivity index (χ1v) is 11.6. The van der Waals surface area contributed by atoms with Crippen LogP contribution in [0.3, 0.4) is 0 Å². The average molecular weight is 438 g/mol. The highest BCUT2D eigenvalue weighted by Gasteiger charge is 2.24. The quantitative estimate of drug-likeness (QED) is 0.439. The highest BCUT2D eigenvalue weighted by atomic mass is 32.2. The number of nitrogens with zero attached hydrogens (tertiary/aromatic N) is 2. The van der Waals surface area contributed by atoms with Gasteiger partial charge in [0.05, 0.1) is 18.5 Å². The number of anilines is 1. The number of aromatic nitrogens is 2. The first-order chi connectivity index (χ1) is 15.0. The van der Waals surface area contributed by atoms with Crippen LogP contribution in [0.5, 0.6) is 5.75 Å². The molecule has 6 heteroatoms. The summed E-state index contributed by atoms with van der Waals surface area (Å²) in [5.41, 5.74) is 5.27. The lowest BCUT2D eigenvalue weighted by atomic mass is 9.91. The summed E-state index contributed by atoms with van der Waals surface area (Å²) in [6.45, 7) is 11.4. The Morgan fingerprint density at radius 1 is 1.26 bits per heavy atom. The van der Waals surface area contributed by atoms with Crippen molar-refractivity contribution in [2.24, 2.45) is 0 Å². The Morgan fingerprint density at radius 2 is 2.00 bits per heavy atom. The molecular formula is C25H31N3O2S. The van der Waals surface area contributed by atoms with Crippen molar-refractivity contribution in [3.8, 4) is 17.0 Å². The van der Waals surface area contributed by atoms with E-state index in [1.54, 1.807) is 37.9 Å². The Labute approximate surface area is 189 Å². The zero-order chi connectivity index (χ0) is 23.0. The van der Waals surface area contributed by atoms with Crippen molar-refractivity contribution in [3.05, 3.63) is 65.5 Å². The molecule has 0 aliphatic heterocycles. The summed E-state index contributed by atoms with van der Waals surface area (Å²) in [6, 6.07) is 6.04. The van der Waals surface area contributed by atoms with E-state index in [-0.39, 0.29) is 5.91 Å². The van der Waals surface area contributed by atoms with Crippen molar-refractivity contribution in [1.82, 2.24) is 9.97 Å². The largest absolute Gasteiger partial charge is 0.497 e. The van der Waals surface area contributed by atoms with Crippen molar-refractivity contribution < 1.29 is 9.53 Å². The number of carbonyl (C=O) groups excluding carboxylic acids is 1. The zero-order valence-corrected chi connectivity index (χ0v) is 20.0. The standard InChI is InChI=1S/C23H25N3O2S.C2H6/c1-6-8-14(3)23(27)26-22-21(19(7-2)29-5)25-20-17-11-10-16(28-4)13-15(17)9-12-18(20)24-22;1-2/h6-8,10-11,13H,1,9,12H2,2-5H3,(H,24,26,27);1-2H3/b14-8+,19-7-;. The van der Waals surface area contributed by atoms with Crippen LogP contribution in [0.2, 0.25) is 0 Å². The molecule has 1 amide bonds. The molecule has 1 N–H and O–H groups in total. The number of fused-ring (bicyclic) bond motifs is 3. The number of carbonyl (C=O) groups is 1. The van der Waals surface area contributed by atoms with Gasteiger partial charge in [0.15, 0.2) is 5.82 Å². The third kappa shape index (κ3) is 5.44. The van der Waals surface area contributed by atoms with E-state index in [0.29, 0.717) is 17.1 Å². The molecule has 1 aromatic heterocycles. The minimum atomic E-state index is -0.210. The van der Waals surface area contributed by atoms with Crippen molar-refractivity contribution in [2.45, 2.75) is 40.5 Å². The molecule has 5 nitrogen and oxygen atoms in total. The van der Waals surface area contributed by atoms with Gasteiger partial charge in [-0.3, -0.25) is 4.79 Å². The molecule has 1 aliphatic carbocycles. The second-order valence-corrected chi connectivity index (χ2v) is 7.48. The van der Waals surface area contributed by atoms with E-state index in [9.17, 15) is 4.79 Å². The van der Waals surface area contributed by atoms with Crippen LogP contribution in [0.1, 0.15) is 44.6 Å². The molecule has 1 heterocycles. The second-order valence-electron chi connectivity index (χ2n) is 6.64. The maximum atomic E-state index is 12.6. The van der Waals surface area contributed by atoms with E-state index in [1.165, 1.54) is 5.56 Å². The summed E-state index contributed by atoms with van der Waals surface area (Å²) in [5.74, 6) is 1.12. The molecule has 0 saturated carbocycles. The van der Waals surface area contributed by atoms with E-state index in [0.717, 1.165) is 40.4 Å². The van der Waals surface area contributed by atoms with Crippen molar-refractivity contribution in [1.29, 1.82) is 0 Å². The summed E-state index contributed by atoms with van der Waals surface area (Å²) in [6.07, 6.45) is 8.87. The van der Waals surface area contributed by atoms with Gasteiger partial charge >= 0.3 is 0 Å². The van der Waals surface area contributed by atoms with Gasteiger partial charge in [-0.1, -0.05) is 38.7 Å². The molecule has 2 aromatic rings. The van der Waals surface area contributed by atoms with Gasteiger partial charge < -0.3 is 10.1 Å². The Hall–Kier alpha value is -2.86. The number of methoxy groups -OCH3 is 1. The number of hydrogen-bond acceptors (Lipinski definition) is 5. The van der Waals surface area contributed by atoms with E-state index >= 15 is 0 Å². The van der Waals surface area contributed by atoms with Gasteiger partial charge in [-0.25, -0.2) is 9.97 Å². The summed E-state index contributed by atoms with van der Waals surface area (Å²) < 4.78 is 5.36. The van der Waals surface area contributed by atoms with E-state index in [1.807, 2.05) is 45.2 Å². The highest BCUT2D eigenvalue weighted by molar-refractivity contribution is 8.07. The monoisotopic (exact) mass is 437 g/mol. The van der Waals surface area contributed by atoms with Gasteiger partial charge in [-0.05, 0) is 56.7 Å². The van der Waals surface area contributed by atoms with E-state index in [4.69, 9.17) is 14.7 Å². The van der Waals surface area contributed by atoms with Crippen molar-refractivity contribution in [3.63, 3.8) is 0 Å². The summed E-state index contributed by atoms with van der Waals surface area (Å²) in [7, 11) is 1.67. The van der Waals surface area contributed by atoms with Crippen LogP contribution in [-0.4, -0.2) is 29.2 Å². The number of aryl methyl sites for hydroxylation is 2. The number of thioether (sulfide) groups is 1. The number of ether oxygens (including phenoxy) is 1. The topological polar surface area (TPSA) is 64.1 Å². The van der Waals surface area contributed by atoms with Gasteiger partial charge in [0.2, 0.25) is 0 Å². The maximum absolute atomic E-state index is 12.6. The molecule has 31 heavy (non-hydrogen) atoms. The molecule has 0 radical (unpaired) electrons. The lowest BCUT2D eigenvalue weighted by molar-refractivity contribution is -0.112. The van der Waals surface area contributed by atoms with Gasteiger partial charge in [-0.15, -0.1) is 11.8 Å². The fourth-order valence-corrected chi connectivity index (χ4v) is 3.89. The van der Waals surface area contributed by atoms with Crippen molar-refractivity contribution >= 4 is 28.4 Å². The first-order valence-electron chi connectivity index (χ1n) is 10.4. The van der Waals surface area contributed by atoms with Crippen LogP contribution < -0.4 is 10.1 Å². The van der Waals surface area contributed by atoms with Gasteiger partial charge in [0, 0.05) is 16.0 Å². The summed E-state index contributed by atoms with van der Waals surface area (Å²) in [5, 5.41) is 2.93. The molecule has 0 fully saturated rings. The molecular weight excluding hydrogens is 406 g/mol. The number of benzene rings is 1. The van der Waals surface area contributed by atoms with Crippen LogP contribution >= 0.6 is 11.8 Å². The van der Waals surface area contributed by atoms with E-state index in [2.05, 4.69) is 18.0 Å². The average Bonchev–Trinajstić information content (AvgIpc) is 2.81. The first kappa shape index (κ1) is 24.4. The molecule has 0 saturated heterocycles. The maximum Gasteiger partial charge on any atom is 0.252 e. The van der Waals surface area contributed by atoms with Crippen LogP contribution in [0.25, 0.3) is 16.2 Å². The minimum Gasteiger partial charge on any atom is -0.497 e. The molecule has 1 aliphatic rings. The van der Waals surface area contributed by atoms with Crippen molar-refractivity contribution in [2.75, 3.05) is 18.7 Å². The van der Waals surface area contributed by atoms with Crippen LogP contribution in [0, 0.1) is 0 Å². The number of hydrogen-bond donors (Lipinski definition) is 1. The van der Waals surface area contributed by atoms with Gasteiger partial charge in [0.1, 0.15) is 11.4 Å². The smallest absolute Gasteiger partial charge is 0.252 e. The van der Waals surface area contributed by atoms with Gasteiger partial charge in [0.25, 0.3) is 5.91 Å². The molecule has 0 spiro atoms. The van der Waals surface area contributed by atoms with Crippen LogP contribution in [0.15, 0.2) is 48.6 Å². The van der Waals surface area contributed by atoms with E-state index < -0.39 is 0 Å². The Kier molecular flexibility index (Phi) is 9.06. The Bertz CT molecular complexity index is 1030. The summed E-state index contributed by atoms with van der Waals surface area (Å²) in [4.78, 5) is 23.3. The fourth-order valence-electron chi connectivity index (χ4n) is 3.32. The number of rotatable bonds is 6. The minimum absolute atomic E-state index is 0.210. The Morgan fingerprint density at radius 3 is 2.61 bits per heavy atom. The predicted molar refractivity (Wildman–Crippen MR) is 133 cm³/mol. The third-order valence-electron chi connectivity index (χ3n) is 4.84. The molecule has 0 atom stereocenters. The fraction of sp³-hybridized carbons (Fsp3) is 0.320. The van der Waals surface area contributed by atoms with Crippen LogP contribution in [-0.2, 0) is 17.6 Å². The molecule has 164 valence electrons. The van der Waals surface area contributed by atoms with Crippen LogP contribution in [0.4, 0.5) is 5.82 Å². The number of allylic oxidation sites excluding steroid dienone is 3. The lowest BCUT2D eigenvalue weighted by Crippen LogP contribution is -2.18. The zero-order valence-electron chi connectivity index (χ0n) is 19.2. The predicted octanol–water partition coefficient (Wildman–Crippen LogP) is 6.07. The lowest BCUT2D eigenvalue weighted by Gasteiger charge is -2.22. The SMILES string of the molecule is C=C/C=C(\C)C(=O)Nc1nc2c(nc1/C(=C/C)SC)-c1ccc(OC)cc1CC2.CC. The number of amides is 1. The molecule has 0 unspecified atom stereocenters. The Balaban J connectivity index is 0.00000166. The highest BCUT2D eigenvalue weighted by Crippen LogP contribution is 2.37. The number of nitrogens with one attached hydrogen (secondary N) is 1. The molecule has 3 rings (SSSR count). The molecule has 1 aromatic carbocycles. The van der Waals surface area contributed by atoms with Gasteiger partial charge in [-0.2, -0.15) is 0 Å². The molecule has 0 bridgehead atoms.